The minimum Gasteiger partial charge on any atom is -0.476 e. The Bertz CT molecular complexity index is 600. The maximum absolute atomic E-state index is 11.1. The first-order valence-corrected chi connectivity index (χ1v) is 5.85. The van der Waals surface area contributed by atoms with Crippen molar-refractivity contribution >= 4 is 45.1 Å². The van der Waals surface area contributed by atoms with Gasteiger partial charge in [0.25, 0.3) is 0 Å². The molecule has 0 amide bonds. The molecule has 88 valence electrons. The molecule has 0 aliphatic rings. The normalized spacial score (nSPS) is 10.5. The highest BCUT2D eigenvalue weighted by molar-refractivity contribution is 9.10. The van der Waals surface area contributed by atoms with E-state index in [1.54, 1.807) is 12.1 Å². The van der Waals surface area contributed by atoms with Gasteiger partial charge in [0, 0.05) is 6.20 Å². The van der Waals surface area contributed by atoms with Crippen LogP contribution in [0.5, 0.6) is 0 Å². The number of carboxylic acid groups (broad SMARTS) is 1. The molecular formula is C9H4BrCl2N3O2. The lowest BCUT2D eigenvalue weighted by Crippen LogP contribution is -2.10. The number of hydrogen-bond donors (Lipinski definition) is 1. The number of halogens is 3. The molecule has 2 heterocycles. The van der Waals surface area contributed by atoms with E-state index in [0.29, 0.717) is 0 Å². The van der Waals surface area contributed by atoms with E-state index in [2.05, 4.69) is 26.0 Å². The van der Waals surface area contributed by atoms with Gasteiger partial charge in [0.05, 0.1) is 9.50 Å². The Kier molecular flexibility index (Phi) is 3.37. The predicted octanol–water partition coefficient (Wildman–Crippen LogP) is 3.03. The molecular weight excluding hydrogens is 333 g/mol. The average molecular weight is 337 g/mol. The number of aromatic carboxylic acids is 1. The maximum Gasteiger partial charge on any atom is 0.355 e. The molecule has 0 spiro atoms. The van der Waals surface area contributed by atoms with Crippen LogP contribution >= 0.6 is 39.1 Å². The second-order valence-corrected chi connectivity index (χ2v) is 4.54. The van der Waals surface area contributed by atoms with Gasteiger partial charge < -0.3 is 5.11 Å². The lowest BCUT2D eigenvalue weighted by Gasteiger charge is -2.04. The summed E-state index contributed by atoms with van der Waals surface area (Å²) in [5, 5.41) is 13.3. The van der Waals surface area contributed by atoms with Crippen molar-refractivity contribution in [2.24, 2.45) is 0 Å². The van der Waals surface area contributed by atoms with Gasteiger partial charge >= 0.3 is 5.97 Å². The van der Waals surface area contributed by atoms with E-state index < -0.39 is 5.97 Å². The first-order valence-electron chi connectivity index (χ1n) is 4.30. The summed E-state index contributed by atoms with van der Waals surface area (Å²) in [6.45, 7) is 0. The van der Waals surface area contributed by atoms with Gasteiger partial charge in [0.2, 0.25) is 0 Å². The number of nitrogens with zero attached hydrogens (tertiary/aromatic N) is 3. The molecule has 0 saturated heterocycles. The largest absolute Gasteiger partial charge is 0.476 e. The van der Waals surface area contributed by atoms with E-state index in [1.807, 2.05) is 0 Å². The van der Waals surface area contributed by atoms with Crippen LogP contribution in [0, 0.1) is 0 Å². The van der Waals surface area contributed by atoms with E-state index >= 15 is 0 Å². The summed E-state index contributed by atoms with van der Waals surface area (Å²) in [5.41, 5.74) is -0.129. The van der Waals surface area contributed by atoms with Crippen LogP contribution in [-0.4, -0.2) is 25.8 Å². The van der Waals surface area contributed by atoms with Gasteiger partial charge in [-0.25, -0.2) is 14.5 Å². The average Bonchev–Trinajstić information content (AvgIpc) is 2.56. The fourth-order valence-electron chi connectivity index (χ4n) is 1.24. The van der Waals surface area contributed by atoms with Crippen molar-refractivity contribution in [1.29, 1.82) is 0 Å². The van der Waals surface area contributed by atoms with Gasteiger partial charge in [0.15, 0.2) is 16.7 Å². The first kappa shape index (κ1) is 12.3. The van der Waals surface area contributed by atoms with Gasteiger partial charge in [-0.2, -0.15) is 5.10 Å². The molecule has 1 N–H and O–H groups in total. The third-order valence-electron chi connectivity index (χ3n) is 1.93. The molecule has 2 aromatic rings. The van der Waals surface area contributed by atoms with Crippen LogP contribution in [-0.2, 0) is 0 Å². The number of rotatable bonds is 2. The molecule has 17 heavy (non-hydrogen) atoms. The van der Waals surface area contributed by atoms with Gasteiger partial charge in [0.1, 0.15) is 0 Å². The summed E-state index contributed by atoms with van der Waals surface area (Å²) < 4.78 is 1.27. The molecule has 0 aliphatic carbocycles. The number of hydrogen-bond acceptors (Lipinski definition) is 3. The van der Waals surface area contributed by atoms with Crippen LogP contribution in [0.4, 0.5) is 0 Å². The van der Waals surface area contributed by atoms with E-state index in [4.69, 9.17) is 28.3 Å². The topological polar surface area (TPSA) is 68.0 Å². The predicted molar refractivity (Wildman–Crippen MR) is 66.0 cm³/mol. The Hall–Kier alpha value is -1.11. The molecule has 0 fully saturated rings. The van der Waals surface area contributed by atoms with Gasteiger partial charge in [-0.3, -0.25) is 0 Å². The van der Waals surface area contributed by atoms with Crippen molar-refractivity contribution in [2.45, 2.75) is 0 Å². The van der Waals surface area contributed by atoms with Crippen LogP contribution in [0.3, 0.4) is 0 Å². The van der Waals surface area contributed by atoms with Crippen molar-refractivity contribution in [2.75, 3.05) is 0 Å². The molecule has 2 rings (SSSR count). The Morgan fingerprint density at radius 2 is 2.18 bits per heavy atom. The minimum atomic E-state index is -1.18. The van der Waals surface area contributed by atoms with Crippen LogP contribution in [0.15, 0.2) is 22.8 Å². The smallest absolute Gasteiger partial charge is 0.355 e. The van der Waals surface area contributed by atoms with E-state index in [0.717, 1.165) is 4.68 Å². The van der Waals surface area contributed by atoms with Crippen LogP contribution in [0.2, 0.25) is 10.2 Å². The Morgan fingerprint density at radius 3 is 2.76 bits per heavy atom. The SMILES string of the molecule is O=C(O)c1c(Br)c(Cl)nn1-c1ncccc1Cl. The maximum atomic E-state index is 11.1. The Balaban J connectivity index is 2.72. The second-order valence-electron chi connectivity index (χ2n) is 2.98. The molecule has 0 aromatic carbocycles. The Morgan fingerprint density at radius 1 is 1.47 bits per heavy atom. The number of aromatic nitrogens is 3. The molecule has 5 nitrogen and oxygen atoms in total. The highest BCUT2D eigenvalue weighted by Gasteiger charge is 2.23. The van der Waals surface area contributed by atoms with E-state index in [1.165, 1.54) is 6.20 Å². The zero-order valence-electron chi connectivity index (χ0n) is 8.06. The van der Waals surface area contributed by atoms with Crippen molar-refractivity contribution in [3.8, 4) is 5.82 Å². The minimum absolute atomic E-state index is 0.0316. The summed E-state index contributed by atoms with van der Waals surface area (Å²) in [6, 6.07) is 3.21. The van der Waals surface area contributed by atoms with E-state index in [9.17, 15) is 4.79 Å². The number of pyridine rings is 1. The van der Waals surface area contributed by atoms with Crippen molar-refractivity contribution in [1.82, 2.24) is 14.8 Å². The third kappa shape index (κ3) is 2.15. The molecule has 0 unspecified atom stereocenters. The standard InChI is InChI=1S/C9H4BrCl2N3O2/c10-5-6(9(16)17)15(14-7(5)12)8-4(11)2-1-3-13-8/h1-3H,(H,16,17). The fraction of sp³-hybridized carbons (Fsp3) is 0. The highest BCUT2D eigenvalue weighted by atomic mass is 79.9. The summed E-state index contributed by atoms with van der Waals surface area (Å²) in [7, 11) is 0. The molecule has 0 atom stereocenters. The Labute approximate surface area is 114 Å². The molecule has 2 aromatic heterocycles. The summed E-state index contributed by atoms with van der Waals surface area (Å²) >= 11 is 14.7. The fourth-order valence-corrected chi connectivity index (χ4v) is 2.03. The first-order chi connectivity index (χ1) is 8.02. The van der Waals surface area contributed by atoms with Gasteiger partial charge in [-0.15, -0.1) is 0 Å². The summed E-state index contributed by atoms with van der Waals surface area (Å²) in [5.74, 6) is -0.975. The van der Waals surface area contributed by atoms with Crippen LogP contribution < -0.4 is 0 Å². The molecule has 0 bridgehead atoms. The lowest BCUT2D eigenvalue weighted by atomic mass is 10.4. The highest BCUT2D eigenvalue weighted by Crippen LogP contribution is 2.29. The number of carbonyl (C=O) groups is 1. The molecule has 0 radical (unpaired) electrons. The quantitative estimate of drug-likeness (QED) is 0.915. The van der Waals surface area contributed by atoms with Crippen molar-refractivity contribution in [3.05, 3.63) is 38.7 Å². The monoisotopic (exact) mass is 335 g/mol. The van der Waals surface area contributed by atoms with Gasteiger partial charge in [-0.1, -0.05) is 23.2 Å². The lowest BCUT2D eigenvalue weighted by molar-refractivity contribution is 0.0686. The van der Waals surface area contributed by atoms with Crippen molar-refractivity contribution < 1.29 is 9.90 Å². The second kappa shape index (κ2) is 4.64. The van der Waals surface area contributed by atoms with E-state index in [-0.39, 0.29) is 26.2 Å². The number of carboxylic acids is 1. The molecule has 0 aliphatic heterocycles. The summed E-state index contributed by atoms with van der Waals surface area (Å²) in [4.78, 5) is 15.1. The van der Waals surface area contributed by atoms with Crippen LogP contribution in [0.1, 0.15) is 10.5 Å². The zero-order chi connectivity index (χ0) is 12.6. The van der Waals surface area contributed by atoms with Crippen LogP contribution in [0.25, 0.3) is 5.82 Å². The zero-order valence-corrected chi connectivity index (χ0v) is 11.2. The summed E-state index contributed by atoms with van der Waals surface area (Å²) in [6.07, 6.45) is 1.48. The third-order valence-corrected chi connectivity index (χ3v) is 3.47. The van der Waals surface area contributed by atoms with Gasteiger partial charge in [-0.05, 0) is 28.1 Å². The molecule has 0 saturated carbocycles. The van der Waals surface area contributed by atoms with Crippen molar-refractivity contribution in [3.63, 3.8) is 0 Å². The molecule has 8 heteroatoms.